The number of fused-ring (bicyclic) bond motifs is 1. The van der Waals surface area contributed by atoms with Gasteiger partial charge in [-0.1, -0.05) is 12.1 Å². The zero-order chi connectivity index (χ0) is 14.4. The molecule has 0 fully saturated rings. The van der Waals surface area contributed by atoms with Gasteiger partial charge in [-0.25, -0.2) is 8.42 Å². The second-order valence-electron chi connectivity index (χ2n) is 3.76. The van der Waals surface area contributed by atoms with Crippen molar-refractivity contribution in [2.45, 2.75) is 9.79 Å². The van der Waals surface area contributed by atoms with Crippen LogP contribution in [-0.4, -0.2) is 25.9 Å². The highest BCUT2D eigenvalue weighted by molar-refractivity contribution is 7.86. The van der Waals surface area contributed by atoms with Gasteiger partial charge >= 0.3 is 0 Å². The van der Waals surface area contributed by atoms with Crippen molar-refractivity contribution in [2.24, 2.45) is 0 Å². The van der Waals surface area contributed by atoms with E-state index in [1.807, 2.05) is 0 Å². The highest BCUT2D eigenvalue weighted by atomic mass is 32.2. The summed E-state index contributed by atoms with van der Waals surface area (Å²) in [7, 11) is -9.38. The van der Waals surface area contributed by atoms with Gasteiger partial charge in [0.05, 0.1) is 4.90 Å². The van der Waals surface area contributed by atoms with E-state index in [0.29, 0.717) is 0 Å². The van der Waals surface area contributed by atoms with Crippen molar-refractivity contribution in [1.29, 1.82) is 0 Å². The third-order valence-electron chi connectivity index (χ3n) is 2.54. The molecule has 2 rings (SSSR count). The molecule has 0 aromatic heterocycles. The highest BCUT2D eigenvalue weighted by Crippen LogP contribution is 2.32. The summed E-state index contributed by atoms with van der Waals surface area (Å²) < 4.78 is 64.9. The van der Waals surface area contributed by atoms with Crippen LogP contribution >= 0.6 is 0 Å². The van der Waals surface area contributed by atoms with E-state index < -0.39 is 30.0 Å². The summed E-state index contributed by atoms with van der Waals surface area (Å²) in [5.74, 6) is 0. The Balaban J connectivity index is 3.09. The first-order valence-corrected chi connectivity index (χ1v) is 7.72. The molecule has 0 heterocycles. The molecule has 0 unspecified atom stereocenters. The number of benzene rings is 2. The highest BCUT2D eigenvalue weighted by Gasteiger charge is 2.18. The maximum Gasteiger partial charge on any atom is 0.295 e. The van der Waals surface area contributed by atoms with Crippen LogP contribution in [0.1, 0.15) is 0 Å². The van der Waals surface area contributed by atoms with Crippen LogP contribution in [0.15, 0.2) is 40.1 Å². The summed E-state index contributed by atoms with van der Waals surface area (Å²) in [6.07, 6.45) is 0. The summed E-state index contributed by atoms with van der Waals surface area (Å²) in [6, 6.07) is 5.61. The molecule has 0 saturated heterocycles. The standard InChI is InChI=1S/C10H9NO6S2/c11-7-4-5-8(18(12,13)14)6-2-1-3-9(10(6)7)19(15,16)17/h1-5H,11H2,(H,12,13,14)(H,15,16,17)/p-1. The topological polar surface area (TPSA) is 138 Å². The van der Waals surface area contributed by atoms with Crippen molar-refractivity contribution in [3.05, 3.63) is 30.3 Å². The monoisotopic (exact) mass is 302 g/mol. The Kier molecular flexibility index (Phi) is 3.01. The lowest BCUT2D eigenvalue weighted by atomic mass is 10.1. The lowest BCUT2D eigenvalue weighted by Gasteiger charge is -2.13. The minimum atomic E-state index is -4.79. The molecule has 3 N–H and O–H groups in total. The van der Waals surface area contributed by atoms with Crippen molar-refractivity contribution >= 4 is 36.7 Å². The third-order valence-corrected chi connectivity index (χ3v) is 4.33. The lowest BCUT2D eigenvalue weighted by molar-refractivity contribution is 0.463. The summed E-state index contributed by atoms with van der Waals surface area (Å²) in [4.78, 5) is -1.14. The normalized spacial score (nSPS) is 12.7. The molecule has 0 radical (unpaired) electrons. The van der Waals surface area contributed by atoms with Gasteiger partial charge in [-0.2, -0.15) is 8.42 Å². The van der Waals surface area contributed by atoms with E-state index in [9.17, 15) is 21.4 Å². The fourth-order valence-electron chi connectivity index (χ4n) is 1.81. The fourth-order valence-corrected chi connectivity index (χ4v) is 3.22. The van der Waals surface area contributed by atoms with Crippen molar-refractivity contribution in [3.8, 4) is 0 Å². The van der Waals surface area contributed by atoms with Crippen LogP contribution in [0.5, 0.6) is 0 Å². The average Bonchev–Trinajstić information content (AvgIpc) is 2.25. The minimum Gasteiger partial charge on any atom is -0.744 e. The second-order valence-corrected chi connectivity index (χ2v) is 6.50. The molecule has 0 amide bonds. The van der Waals surface area contributed by atoms with Crippen LogP contribution in [0.3, 0.4) is 0 Å². The molecule has 0 saturated carbocycles. The number of rotatable bonds is 2. The van der Waals surface area contributed by atoms with Gasteiger partial charge < -0.3 is 10.3 Å². The zero-order valence-corrected chi connectivity index (χ0v) is 10.9. The second kappa shape index (κ2) is 4.17. The van der Waals surface area contributed by atoms with Crippen molar-refractivity contribution in [1.82, 2.24) is 0 Å². The molecule has 9 heteroatoms. The molecule has 0 aliphatic heterocycles. The van der Waals surface area contributed by atoms with Gasteiger partial charge in [0.2, 0.25) is 0 Å². The van der Waals surface area contributed by atoms with Crippen molar-refractivity contribution < 1.29 is 25.9 Å². The first-order valence-electron chi connectivity index (χ1n) is 4.87. The maximum atomic E-state index is 11.2. The van der Waals surface area contributed by atoms with E-state index in [2.05, 4.69) is 0 Å². The predicted octanol–water partition coefficient (Wildman–Crippen LogP) is 0.573. The van der Waals surface area contributed by atoms with E-state index in [1.54, 1.807) is 0 Å². The summed E-state index contributed by atoms with van der Waals surface area (Å²) >= 11 is 0. The van der Waals surface area contributed by atoms with Gasteiger partial charge in [0.15, 0.2) is 0 Å². The first-order chi connectivity index (χ1) is 8.62. The van der Waals surface area contributed by atoms with Crippen molar-refractivity contribution in [3.63, 3.8) is 0 Å². The molecule has 0 bridgehead atoms. The van der Waals surface area contributed by atoms with Crippen LogP contribution in [0.2, 0.25) is 0 Å². The maximum absolute atomic E-state index is 11.2. The Bertz CT molecular complexity index is 870. The average molecular weight is 302 g/mol. The largest absolute Gasteiger partial charge is 0.744 e. The van der Waals surface area contributed by atoms with Gasteiger partial charge in [0.25, 0.3) is 10.1 Å². The molecule has 0 aliphatic carbocycles. The Morgan fingerprint density at radius 2 is 1.63 bits per heavy atom. The van der Waals surface area contributed by atoms with E-state index in [-0.39, 0.29) is 16.5 Å². The van der Waals surface area contributed by atoms with Crippen LogP contribution < -0.4 is 5.73 Å². The summed E-state index contributed by atoms with van der Waals surface area (Å²) in [5.41, 5.74) is 5.53. The molecule has 7 nitrogen and oxygen atoms in total. The molecular formula is C10H8NO6S2-. The molecule has 0 atom stereocenters. The molecule has 0 spiro atoms. The molecule has 2 aromatic carbocycles. The fraction of sp³-hybridized carbons (Fsp3) is 0. The van der Waals surface area contributed by atoms with Gasteiger partial charge in [-0.05, 0) is 18.2 Å². The number of nitrogens with two attached hydrogens (primary N) is 1. The van der Waals surface area contributed by atoms with Crippen molar-refractivity contribution in [2.75, 3.05) is 5.73 Å². The van der Waals surface area contributed by atoms with Gasteiger partial charge in [-0.3, -0.25) is 4.55 Å². The zero-order valence-electron chi connectivity index (χ0n) is 9.27. The van der Waals surface area contributed by atoms with E-state index in [1.165, 1.54) is 12.1 Å². The molecule has 102 valence electrons. The number of anilines is 1. The third kappa shape index (κ3) is 2.40. The van der Waals surface area contributed by atoms with Gasteiger partial charge in [-0.15, -0.1) is 0 Å². The Morgan fingerprint density at radius 3 is 2.16 bits per heavy atom. The Hall–Kier alpha value is -1.68. The van der Waals surface area contributed by atoms with Crippen LogP contribution in [0, 0.1) is 0 Å². The smallest absolute Gasteiger partial charge is 0.295 e. The van der Waals surface area contributed by atoms with Gasteiger partial charge in [0.1, 0.15) is 15.0 Å². The SMILES string of the molecule is Nc1ccc(S(=O)(=O)[O-])c2cccc(S(=O)(=O)O)c12. The van der Waals surface area contributed by atoms with Crippen LogP contribution in [0.4, 0.5) is 5.69 Å². The summed E-state index contributed by atoms with van der Waals surface area (Å²) in [5, 5.41) is -0.341. The number of hydrogen-bond acceptors (Lipinski definition) is 6. The van der Waals surface area contributed by atoms with E-state index in [4.69, 9.17) is 10.3 Å². The quantitative estimate of drug-likeness (QED) is 0.611. The number of hydrogen-bond donors (Lipinski definition) is 2. The molecule has 19 heavy (non-hydrogen) atoms. The van der Waals surface area contributed by atoms with Crippen LogP contribution in [-0.2, 0) is 20.2 Å². The first kappa shape index (κ1) is 13.7. The lowest BCUT2D eigenvalue weighted by Crippen LogP contribution is -2.05. The van der Waals surface area contributed by atoms with E-state index in [0.717, 1.165) is 18.2 Å². The Morgan fingerprint density at radius 1 is 1.00 bits per heavy atom. The minimum absolute atomic E-state index is 0.0596. The molecule has 0 aliphatic rings. The molecule has 2 aromatic rings. The predicted molar refractivity (Wildman–Crippen MR) is 66.1 cm³/mol. The summed E-state index contributed by atoms with van der Waals surface area (Å²) in [6.45, 7) is 0. The number of nitrogen functional groups attached to an aromatic ring is 1. The molecular weight excluding hydrogens is 294 g/mol. The Labute approximate surface area is 109 Å². The van der Waals surface area contributed by atoms with E-state index >= 15 is 0 Å². The van der Waals surface area contributed by atoms with Gasteiger partial charge in [0, 0.05) is 16.5 Å². The van der Waals surface area contributed by atoms with Crippen LogP contribution in [0.25, 0.3) is 10.8 Å².